The number of pyridine rings is 3. The second-order valence-corrected chi connectivity index (χ2v) is 12.3. The first-order chi connectivity index (χ1) is 18.0. The van der Waals surface area contributed by atoms with Crippen molar-refractivity contribution in [1.82, 2.24) is 19.7 Å². The van der Waals surface area contributed by atoms with Gasteiger partial charge in [0.05, 0.1) is 11.3 Å². The minimum atomic E-state index is -4.23. The number of piperidine rings is 1. The van der Waals surface area contributed by atoms with Crippen molar-refractivity contribution in [2.24, 2.45) is 17.8 Å². The predicted molar refractivity (Wildman–Crippen MR) is 149 cm³/mol. The zero-order chi connectivity index (χ0) is 27.4. The normalized spacial score (nSPS) is 16.2. The maximum absolute atomic E-state index is 13.4. The van der Waals surface area contributed by atoms with Crippen molar-refractivity contribution in [3.63, 3.8) is 0 Å². The zero-order valence-corrected chi connectivity index (χ0v) is 23.2. The highest BCUT2D eigenvalue weighted by Gasteiger charge is 2.29. The van der Waals surface area contributed by atoms with Crippen LogP contribution in [0.25, 0.3) is 11.3 Å². The molecule has 4 rings (SSSR count). The quantitative estimate of drug-likeness (QED) is 0.435. The van der Waals surface area contributed by atoms with Crippen molar-refractivity contribution in [2.45, 2.75) is 52.0 Å². The third-order valence-electron chi connectivity index (χ3n) is 6.81. The van der Waals surface area contributed by atoms with E-state index in [2.05, 4.69) is 47.3 Å². The molecule has 9 nitrogen and oxygen atoms in total. The van der Waals surface area contributed by atoms with Crippen LogP contribution < -0.4 is 15.4 Å². The minimum absolute atomic E-state index is 0.0492. The van der Waals surface area contributed by atoms with Crippen LogP contribution in [0.5, 0.6) is 0 Å². The Kier molecular flexibility index (Phi) is 8.30. The number of nitrogens with zero attached hydrogens (tertiary/aromatic N) is 4. The molecule has 38 heavy (non-hydrogen) atoms. The van der Waals surface area contributed by atoms with E-state index < -0.39 is 15.9 Å². The van der Waals surface area contributed by atoms with Gasteiger partial charge in [-0.15, -0.1) is 0 Å². The van der Waals surface area contributed by atoms with Crippen LogP contribution in [0.2, 0.25) is 0 Å². The molecule has 1 fully saturated rings. The molecule has 1 saturated heterocycles. The third-order valence-corrected chi connectivity index (χ3v) is 8.04. The van der Waals surface area contributed by atoms with E-state index in [-0.39, 0.29) is 16.4 Å². The van der Waals surface area contributed by atoms with E-state index in [1.54, 1.807) is 18.3 Å². The summed E-state index contributed by atoms with van der Waals surface area (Å²) in [6.45, 7) is 10.2. The highest BCUT2D eigenvalue weighted by atomic mass is 32.2. The smallest absolute Gasteiger partial charge is 0.281 e. The van der Waals surface area contributed by atoms with E-state index in [0.29, 0.717) is 29.3 Å². The van der Waals surface area contributed by atoms with Crippen molar-refractivity contribution in [3.8, 4) is 11.3 Å². The maximum Gasteiger partial charge on any atom is 0.281 e. The van der Waals surface area contributed by atoms with Gasteiger partial charge in [0.1, 0.15) is 11.6 Å². The fourth-order valence-electron chi connectivity index (χ4n) is 4.70. The fourth-order valence-corrected chi connectivity index (χ4v) is 5.64. The van der Waals surface area contributed by atoms with Gasteiger partial charge in [0.25, 0.3) is 15.9 Å². The van der Waals surface area contributed by atoms with E-state index in [4.69, 9.17) is 10.7 Å². The lowest BCUT2D eigenvalue weighted by molar-refractivity contribution is 0.0981. The number of hydrogen-bond donors (Lipinski definition) is 2. The molecular formula is C28H36N6O3S. The number of nitrogens with two attached hydrogens (primary N) is 1. The van der Waals surface area contributed by atoms with Crippen LogP contribution in [0.4, 0.5) is 11.6 Å². The molecule has 4 heterocycles. The van der Waals surface area contributed by atoms with Gasteiger partial charge < -0.3 is 10.6 Å². The van der Waals surface area contributed by atoms with Crippen molar-refractivity contribution < 1.29 is 13.2 Å². The van der Waals surface area contributed by atoms with E-state index in [9.17, 15) is 13.2 Å². The second-order valence-electron chi connectivity index (χ2n) is 10.6. The van der Waals surface area contributed by atoms with Crippen LogP contribution in [-0.4, -0.2) is 42.4 Å². The van der Waals surface area contributed by atoms with Gasteiger partial charge >= 0.3 is 0 Å². The number of anilines is 2. The number of nitrogens with one attached hydrogen (secondary N) is 1. The summed E-state index contributed by atoms with van der Waals surface area (Å²) in [4.78, 5) is 28.8. The molecule has 1 aliphatic heterocycles. The molecule has 0 bridgehead atoms. The van der Waals surface area contributed by atoms with Gasteiger partial charge in [-0.25, -0.2) is 14.7 Å². The second kappa shape index (κ2) is 11.5. The number of carbonyl (C=O) groups is 1. The Morgan fingerprint density at radius 3 is 2.55 bits per heavy atom. The lowest BCUT2D eigenvalue weighted by Crippen LogP contribution is -2.40. The summed E-state index contributed by atoms with van der Waals surface area (Å²) < 4.78 is 28.0. The number of rotatable bonds is 8. The summed E-state index contributed by atoms with van der Waals surface area (Å²) in [5.74, 6) is 1.18. The molecule has 202 valence electrons. The number of nitrogen functional groups attached to an aromatic ring is 1. The molecule has 1 aliphatic rings. The van der Waals surface area contributed by atoms with Crippen molar-refractivity contribution in [3.05, 3.63) is 59.9 Å². The number of aromatic nitrogens is 3. The lowest BCUT2D eigenvalue weighted by atomic mass is 9.88. The minimum Gasteiger partial charge on any atom is -0.384 e. The molecule has 0 radical (unpaired) electrons. The summed E-state index contributed by atoms with van der Waals surface area (Å²) in [7, 11) is -4.23. The lowest BCUT2D eigenvalue weighted by Gasteiger charge is -2.36. The van der Waals surface area contributed by atoms with Gasteiger partial charge in [-0.1, -0.05) is 33.8 Å². The van der Waals surface area contributed by atoms with Gasteiger partial charge in [-0.2, -0.15) is 8.42 Å². The Morgan fingerprint density at radius 1 is 1.11 bits per heavy atom. The van der Waals surface area contributed by atoms with Crippen LogP contribution in [0, 0.1) is 17.8 Å². The summed E-state index contributed by atoms with van der Waals surface area (Å²) in [5.41, 5.74) is 8.36. The molecule has 0 saturated carbocycles. The highest BCUT2D eigenvalue weighted by Crippen LogP contribution is 2.31. The van der Waals surface area contributed by atoms with Crippen molar-refractivity contribution >= 4 is 27.6 Å². The first-order valence-electron chi connectivity index (χ1n) is 13.0. The van der Waals surface area contributed by atoms with E-state index in [0.717, 1.165) is 43.6 Å². The number of amides is 1. The van der Waals surface area contributed by atoms with E-state index in [1.165, 1.54) is 18.2 Å². The van der Waals surface area contributed by atoms with Crippen LogP contribution >= 0.6 is 0 Å². The predicted octanol–water partition coefficient (Wildman–Crippen LogP) is 4.31. The van der Waals surface area contributed by atoms with E-state index in [1.807, 2.05) is 12.1 Å². The molecule has 1 amide bonds. The topological polar surface area (TPSA) is 131 Å². The molecule has 1 unspecified atom stereocenters. The maximum atomic E-state index is 13.4. The van der Waals surface area contributed by atoms with Gasteiger partial charge in [-0.3, -0.25) is 9.78 Å². The third kappa shape index (κ3) is 6.48. The SMILES string of the molecule is CC(C)Cc1ccc(-c2ccc(C(=O)NS(=O)(=O)c3cccc(N)n3)c(N3CCCC(C(C)C)C3)n2)cn1. The number of hydrogen-bond acceptors (Lipinski definition) is 8. The van der Waals surface area contributed by atoms with Crippen LogP contribution in [0.15, 0.2) is 53.7 Å². The van der Waals surface area contributed by atoms with Crippen LogP contribution in [-0.2, 0) is 16.4 Å². The van der Waals surface area contributed by atoms with Gasteiger partial charge in [-0.05, 0) is 73.4 Å². The standard InChI is InChI=1S/C28H36N6O3S/c1-18(2)15-22-11-10-20(16-30-22)24-13-12-23(27(31-24)34-14-6-7-21(17-34)19(3)4)28(35)33-38(36,37)26-9-5-8-25(29)32-26/h5,8-13,16,18-19,21H,6-7,14-15,17H2,1-4H3,(H2,29,32)(H,33,35). The van der Waals surface area contributed by atoms with E-state index >= 15 is 0 Å². The first kappa shape index (κ1) is 27.5. The zero-order valence-electron chi connectivity index (χ0n) is 22.4. The molecule has 3 aromatic rings. The van der Waals surface area contributed by atoms with Crippen molar-refractivity contribution in [2.75, 3.05) is 23.7 Å². The van der Waals surface area contributed by atoms with Crippen molar-refractivity contribution in [1.29, 1.82) is 0 Å². The molecule has 0 spiro atoms. The number of sulfonamides is 1. The Morgan fingerprint density at radius 2 is 1.89 bits per heavy atom. The Hall–Kier alpha value is -3.53. The Balaban J connectivity index is 1.70. The van der Waals surface area contributed by atoms with Gasteiger partial charge in [0, 0.05) is 30.5 Å². The largest absolute Gasteiger partial charge is 0.384 e. The molecule has 0 aliphatic carbocycles. The van der Waals surface area contributed by atoms with Crippen LogP contribution in [0.1, 0.15) is 56.6 Å². The first-order valence-corrected chi connectivity index (χ1v) is 14.5. The molecular weight excluding hydrogens is 500 g/mol. The summed E-state index contributed by atoms with van der Waals surface area (Å²) in [6.07, 6.45) is 4.75. The molecule has 10 heteroatoms. The molecule has 3 N–H and O–H groups in total. The summed E-state index contributed by atoms with van der Waals surface area (Å²) in [6, 6.07) is 11.6. The Bertz CT molecular complexity index is 1390. The van der Waals surface area contributed by atoms with Crippen LogP contribution in [0.3, 0.4) is 0 Å². The monoisotopic (exact) mass is 536 g/mol. The molecule has 0 aromatic carbocycles. The highest BCUT2D eigenvalue weighted by molar-refractivity contribution is 7.90. The molecule has 1 atom stereocenters. The average molecular weight is 537 g/mol. The fraction of sp³-hybridized carbons (Fsp3) is 0.429. The summed E-state index contributed by atoms with van der Waals surface area (Å²) >= 11 is 0. The van der Waals surface area contributed by atoms with Gasteiger partial charge in [0.2, 0.25) is 0 Å². The van der Waals surface area contributed by atoms with Gasteiger partial charge in [0.15, 0.2) is 5.03 Å². The summed E-state index contributed by atoms with van der Waals surface area (Å²) in [5, 5.41) is -0.317. The number of carbonyl (C=O) groups excluding carboxylic acids is 1. The molecule has 3 aromatic heterocycles. The average Bonchev–Trinajstić information content (AvgIpc) is 2.88. The Labute approximate surface area is 225 Å².